The quantitative estimate of drug-likeness (QED) is 0.574. The Bertz CT molecular complexity index is 1180. The molecule has 1 aliphatic carbocycles. The Morgan fingerprint density at radius 1 is 1.18 bits per heavy atom. The number of nitrogens with one attached hydrogen (secondary N) is 1. The highest BCUT2D eigenvalue weighted by molar-refractivity contribution is 5.88. The highest BCUT2D eigenvalue weighted by Crippen LogP contribution is 2.45. The molecule has 169 valence electrons. The van der Waals surface area contributed by atoms with Crippen LogP contribution in [0.4, 0.5) is 14.6 Å². The number of rotatable bonds is 7. The Labute approximate surface area is 189 Å². The number of aromatic nitrogens is 3. The molecule has 1 amide bonds. The molecule has 2 aliphatic rings. The number of carbonyl (C=O) groups excluding carboxylic acids is 1. The molecule has 1 aliphatic heterocycles. The van der Waals surface area contributed by atoms with Crippen LogP contribution in [0.1, 0.15) is 24.1 Å². The van der Waals surface area contributed by atoms with E-state index in [1.54, 1.807) is 36.8 Å². The van der Waals surface area contributed by atoms with Gasteiger partial charge < -0.3 is 15.8 Å². The van der Waals surface area contributed by atoms with E-state index in [-0.39, 0.29) is 18.5 Å². The third kappa shape index (κ3) is 3.72. The van der Waals surface area contributed by atoms with Gasteiger partial charge in [0, 0.05) is 30.1 Å². The van der Waals surface area contributed by atoms with Crippen LogP contribution in [-0.4, -0.2) is 40.4 Å². The lowest BCUT2D eigenvalue weighted by Crippen LogP contribution is -2.52. The number of nitrogens with two attached hydrogens (primary N) is 1. The number of amides is 1. The van der Waals surface area contributed by atoms with E-state index < -0.39 is 28.9 Å². The minimum atomic E-state index is -1.21. The molecule has 9 heteroatoms. The summed E-state index contributed by atoms with van der Waals surface area (Å²) >= 11 is 0. The summed E-state index contributed by atoms with van der Waals surface area (Å²) in [5.41, 5.74) is 5.85. The molecule has 3 N–H and O–H groups in total. The van der Waals surface area contributed by atoms with Gasteiger partial charge in [0.2, 0.25) is 0 Å². The van der Waals surface area contributed by atoms with Crippen molar-refractivity contribution in [3.8, 4) is 11.3 Å². The van der Waals surface area contributed by atoms with E-state index in [9.17, 15) is 13.6 Å². The second-order valence-electron chi connectivity index (χ2n) is 8.47. The highest BCUT2D eigenvalue weighted by Gasteiger charge is 2.49. The standard InChI is InChI=1S/C24H22F2N5O2/c25-17-12-23(13-17,21-18(26)5-2-9-28-21)14-29-20-7-6-19(30-31-20)15-3-1-4-16(11-15)24(22(27)32)8-10-33-24/h1-9,11,17H,10,12-14H2,(H2,27,32)(H,29,31). The summed E-state index contributed by atoms with van der Waals surface area (Å²) in [7, 11) is 0. The average molecular weight is 450 g/mol. The molecular formula is C24H22F2N5O2. The van der Waals surface area contributed by atoms with E-state index in [2.05, 4.69) is 20.5 Å². The molecule has 1 atom stereocenters. The number of nitrogens with zero attached hydrogens (tertiary/aromatic N) is 3. The molecule has 2 aromatic heterocycles. The summed E-state index contributed by atoms with van der Waals surface area (Å²) in [5, 5.41) is 11.6. The lowest BCUT2D eigenvalue weighted by Gasteiger charge is -2.44. The van der Waals surface area contributed by atoms with Crippen LogP contribution in [0, 0.1) is 12.2 Å². The number of primary amides is 1. The fourth-order valence-electron chi connectivity index (χ4n) is 4.50. The highest BCUT2D eigenvalue weighted by atomic mass is 19.1. The van der Waals surface area contributed by atoms with Crippen LogP contribution < -0.4 is 11.1 Å². The maximum Gasteiger partial charge on any atom is 0.254 e. The monoisotopic (exact) mass is 450 g/mol. The van der Waals surface area contributed by atoms with Gasteiger partial charge in [-0.15, -0.1) is 10.2 Å². The van der Waals surface area contributed by atoms with Gasteiger partial charge in [0.1, 0.15) is 17.8 Å². The maximum atomic E-state index is 14.3. The summed E-state index contributed by atoms with van der Waals surface area (Å²) in [5.74, 6) is -0.521. The van der Waals surface area contributed by atoms with E-state index in [0.29, 0.717) is 30.2 Å². The maximum absolute atomic E-state index is 14.3. The van der Waals surface area contributed by atoms with Crippen LogP contribution in [-0.2, 0) is 20.5 Å². The first-order chi connectivity index (χ1) is 15.9. The number of anilines is 1. The Morgan fingerprint density at radius 2 is 2.00 bits per heavy atom. The Balaban J connectivity index is 1.32. The predicted molar refractivity (Wildman–Crippen MR) is 117 cm³/mol. The van der Waals surface area contributed by atoms with Crippen LogP contribution in [0.2, 0.25) is 0 Å². The molecule has 0 bridgehead atoms. The van der Waals surface area contributed by atoms with Crippen LogP contribution in [0.25, 0.3) is 11.3 Å². The first-order valence-electron chi connectivity index (χ1n) is 10.6. The Kier molecular flexibility index (Phi) is 5.28. The number of halogens is 2. The second-order valence-corrected chi connectivity index (χ2v) is 8.47. The molecule has 3 aromatic rings. The van der Waals surface area contributed by atoms with Crippen molar-refractivity contribution >= 4 is 11.7 Å². The van der Waals surface area contributed by atoms with E-state index in [1.165, 1.54) is 18.3 Å². The molecule has 5 rings (SSSR count). The summed E-state index contributed by atoms with van der Waals surface area (Å²) < 4.78 is 33.5. The van der Waals surface area contributed by atoms with Gasteiger partial charge in [-0.2, -0.15) is 0 Å². The van der Waals surface area contributed by atoms with Gasteiger partial charge >= 0.3 is 0 Å². The number of carbonyl (C=O) groups is 1. The molecule has 7 nitrogen and oxygen atoms in total. The molecule has 0 spiro atoms. The van der Waals surface area contributed by atoms with Gasteiger partial charge in [-0.1, -0.05) is 18.2 Å². The van der Waals surface area contributed by atoms with Gasteiger partial charge in [-0.3, -0.25) is 9.78 Å². The summed E-state index contributed by atoms with van der Waals surface area (Å²) in [4.78, 5) is 16.1. The van der Waals surface area contributed by atoms with Crippen molar-refractivity contribution in [2.45, 2.75) is 30.0 Å². The van der Waals surface area contributed by atoms with E-state index in [1.807, 2.05) is 6.07 Å². The minimum Gasteiger partial charge on any atom is -0.368 e. The van der Waals surface area contributed by atoms with E-state index >= 15 is 0 Å². The van der Waals surface area contributed by atoms with Gasteiger partial charge in [0.05, 0.1) is 18.0 Å². The first-order valence-corrected chi connectivity index (χ1v) is 10.6. The summed E-state index contributed by atoms with van der Waals surface area (Å²) in [6, 6.07) is 13.6. The van der Waals surface area contributed by atoms with Crippen LogP contribution in [0.15, 0.2) is 54.7 Å². The van der Waals surface area contributed by atoms with Crippen LogP contribution in [0.5, 0.6) is 0 Å². The molecule has 1 aromatic carbocycles. The number of hydrogen-bond donors (Lipinski definition) is 2. The van der Waals surface area contributed by atoms with Crippen molar-refractivity contribution in [1.29, 1.82) is 0 Å². The van der Waals surface area contributed by atoms with E-state index in [4.69, 9.17) is 10.5 Å². The molecule has 1 radical (unpaired) electrons. The van der Waals surface area contributed by atoms with E-state index in [0.717, 1.165) is 5.56 Å². The topological polar surface area (TPSA) is 103 Å². The second kappa shape index (κ2) is 8.15. The number of pyridine rings is 1. The van der Waals surface area contributed by atoms with Gasteiger partial charge in [0.15, 0.2) is 5.60 Å². The largest absolute Gasteiger partial charge is 0.368 e. The SMILES string of the molecule is NC(=O)C1(c2cccc(-c3ccc(NCC4(c5ncccc5F)CC(F)C4)nn3)c2)[CH]CO1. The van der Waals surface area contributed by atoms with Crippen LogP contribution >= 0.6 is 0 Å². The zero-order chi connectivity index (χ0) is 23.1. The Morgan fingerprint density at radius 3 is 2.61 bits per heavy atom. The molecule has 2 fully saturated rings. The lowest BCUT2D eigenvalue weighted by molar-refractivity contribution is -0.155. The lowest BCUT2D eigenvalue weighted by atomic mass is 9.65. The van der Waals surface area contributed by atoms with Crippen LogP contribution in [0.3, 0.4) is 0 Å². The fraction of sp³-hybridized carbons (Fsp3) is 0.292. The first kappa shape index (κ1) is 21.4. The third-order valence-corrected chi connectivity index (χ3v) is 6.39. The number of alkyl halides is 1. The summed E-state index contributed by atoms with van der Waals surface area (Å²) in [6.07, 6.45) is 2.67. The van der Waals surface area contributed by atoms with Gasteiger partial charge in [-0.05, 0) is 48.7 Å². The Hall–Kier alpha value is -3.46. The number of benzene rings is 1. The van der Waals surface area contributed by atoms with Gasteiger partial charge in [0.25, 0.3) is 5.91 Å². The minimum absolute atomic E-state index is 0.201. The molecule has 1 saturated carbocycles. The van der Waals surface area contributed by atoms with Crippen molar-refractivity contribution in [1.82, 2.24) is 15.2 Å². The fourth-order valence-corrected chi connectivity index (χ4v) is 4.50. The van der Waals surface area contributed by atoms with Crippen molar-refractivity contribution in [2.75, 3.05) is 18.5 Å². The van der Waals surface area contributed by atoms with Crippen molar-refractivity contribution in [3.05, 3.63) is 78.2 Å². The number of hydrogen-bond acceptors (Lipinski definition) is 6. The zero-order valence-corrected chi connectivity index (χ0v) is 17.7. The molecule has 3 heterocycles. The average Bonchev–Trinajstić information content (AvgIpc) is 2.76. The molecule has 1 saturated heterocycles. The smallest absolute Gasteiger partial charge is 0.254 e. The van der Waals surface area contributed by atoms with Crippen molar-refractivity contribution in [3.63, 3.8) is 0 Å². The molecular weight excluding hydrogens is 428 g/mol. The molecule has 33 heavy (non-hydrogen) atoms. The normalized spacial score (nSPS) is 26.2. The predicted octanol–water partition coefficient (Wildman–Crippen LogP) is 3.07. The van der Waals surface area contributed by atoms with Gasteiger partial charge in [-0.25, -0.2) is 8.78 Å². The van der Waals surface area contributed by atoms with Crippen molar-refractivity contribution < 1.29 is 18.3 Å². The van der Waals surface area contributed by atoms with Crippen molar-refractivity contribution in [2.24, 2.45) is 5.73 Å². The molecule has 1 unspecified atom stereocenters. The third-order valence-electron chi connectivity index (χ3n) is 6.39. The summed E-state index contributed by atoms with van der Waals surface area (Å²) in [6.45, 7) is 0.652. The zero-order valence-electron chi connectivity index (χ0n) is 17.7. The number of ether oxygens (including phenoxy) is 1.